The van der Waals surface area contributed by atoms with Crippen LogP contribution < -0.4 is 0 Å². The maximum Gasteiger partial charge on any atom is 0.145 e. The molecule has 3 heteroatoms. The van der Waals surface area contributed by atoms with Gasteiger partial charge in [0.1, 0.15) is 11.6 Å². The normalized spacial score (nSPS) is 13.2. The highest BCUT2D eigenvalue weighted by molar-refractivity contribution is 6.21. The molecule has 1 aliphatic carbocycles. The standard InChI is InChI=1S/C49H33FN2/c50-39-25-28-46-45(31-39)51-49(38-16-10-15-36(30-38)32-11-2-1-3-12-32)52(46)40-26-23-34(24-27-40)47-41-17-6-8-19-43(41)48(44-20-9-7-18-42(44)47)37-22-21-33-13-4-5-14-35(33)29-37/h1-9,11-14,16-31H,10,15H2. The van der Waals surface area contributed by atoms with Crippen LogP contribution in [-0.2, 0) is 0 Å². The maximum absolute atomic E-state index is 14.5. The Bertz CT molecular complexity index is 2840. The molecule has 10 rings (SSSR count). The Kier molecular flexibility index (Phi) is 7.17. The van der Waals surface area contributed by atoms with Gasteiger partial charge >= 0.3 is 0 Å². The fourth-order valence-corrected chi connectivity index (χ4v) is 8.12. The van der Waals surface area contributed by atoms with E-state index in [4.69, 9.17) is 4.98 Å². The van der Waals surface area contributed by atoms with Gasteiger partial charge in [-0.15, -0.1) is 0 Å². The van der Waals surface area contributed by atoms with E-state index in [2.05, 4.69) is 156 Å². The number of nitrogens with zero attached hydrogens (tertiary/aromatic N) is 2. The molecule has 2 nitrogen and oxygen atoms in total. The van der Waals surface area contributed by atoms with Gasteiger partial charge in [0.15, 0.2) is 0 Å². The fraction of sp³-hybridized carbons (Fsp3) is 0.0408. The highest BCUT2D eigenvalue weighted by Crippen LogP contribution is 2.44. The molecule has 8 aromatic carbocycles. The second-order valence-electron chi connectivity index (χ2n) is 13.6. The van der Waals surface area contributed by atoms with Gasteiger partial charge in [-0.1, -0.05) is 133 Å². The number of benzene rings is 8. The number of imidazole rings is 1. The smallest absolute Gasteiger partial charge is 0.145 e. The summed E-state index contributed by atoms with van der Waals surface area (Å²) in [7, 11) is 0. The number of allylic oxidation sites excluding steroid dienone is 4. The molecule has 0 saturated carbocycles. The molecule has 0 radical (unpaired) electrons. The molecule has 1 aliphatic rings. The van der Waals surface area contributed by atoms with Gasteiger partial charge < -0.3 is 0 Å². The van der Waals surface area contributed by atoms with Crippen molar-refractivity contribution in [3.8, 4) is 27.9 Å². The van der Waals surface area contributed by atoms with Gasteiger partial charge in [0, 0.05) is 17.3 Å². The molecule has 1 heterocycles. The molecule has 246 valence electrons. The van der Waals surface area contributed by atoms with Crippen LogP contribution in [0.1, 0.15) is 24.2 Å². The highest BCUT2D eigenvalue weighted by Gasteiger charge is 2.20. The zero-order valence-corrected chi connectivity index (χ0v) is 28.4. The van der Waals surface area contributed by atoms with E-state index in [-0.39, 0.29) is 5.82 Å². The van der Waals surface area contributed by atoms with Gasteiger partial charge in [-0.05, 0) is 115 Å². The quantitative estimate of drug-likeness (QED) is 0.167. The summed E-state index contributed by atoms with van der Waals surface area (Å²) in [4.78, 5) is 5.03. The summed E-state index contributed by atoms with van der Waals surface area (Å²) in [6, 6.07) is 57.1. The fourth-order valence-electron chi connectivity index (χ4n) is 8.12. The molecule has 0 saturated heterocycles. The number of halogens is 1. The van der Waals surface area contributed by atoms with Crippen LogP contribution in [0.25, 0.3) is 82.4 Å². The predicted molar refractivity (Wildman–Crippen MR) is 216 cm³/mol. The highest BCUT2D eigenvalue weighted by atomic mass is 19.1. The largest absolute Gasteiger partial charge is 0.292 e. The zero-order chi connectivity index (χ0) is 34.6. The number of fused-ring (bicyclic) bond motifs is 4. The molecule has 0 fully saturated rings. The van der Waals surface area contributed by atoms with Crippen LogP contribution in [0.3, 0.4) is 0 Å². The van der Waals surface area contributed by atoms with Crippen molar-refractivity contribution in [2.45, 2.75) is 12.8 Å². The van der Waals surface area contributed by atoms with E-state index < -0.39 is 0 Å². The van der Waals surface area contributed by atoms with E-state index in [1.54, 1.807) is 0 Å². The molecule has 0 unspecified atom stereocenters. The minimum Gasteiger partial charge on any atom is -0.292 e. The second kappa shape index (κ2) is 12.3. The third-order valence-corrected chi connectivity index (χ3v) is 10.5. The van der Waals surface area contributed by atoms with Crippen molar-refractivity contribution in [3.05, 3.63) is 193 Å². The monoisotopic (exact) mass is 668 g/mol. The number of hydrogen-bond donors (Lipinski definition) is 0. The molecule has 52 heavy (non-hydrogen) atoms. The van der Waals surface area contributed by atoms with Crippen LogP contribution in [0, 0.1) is 5.82 Å². The minimum atomic E-state index is -0.289. The van der Waals surface area contributed by atoms with E-state index in [1.165, 1.54) is 72.3 Å². The van der Waals surface area contributed by atoms with Gasteiger partial charge in [-0.3, -0.25) is 4.57 Å². The Balaban J connectivity index is 1.14. The Morgan fingerprint density at radius 3 is 1.85 bits per heavy atom. The van der Waals surface area contributed by atoms with Crippen LogP contribution in [0.5, 0.6) is 0 Å². The molecule has 9 aromatic rings. The van der Waals surface area contributed by atoms with Gasteiger partial charge in [0.25, 0.3) is 0 Å². The number of rotatable bonds is 5. The van der Waals surface area contributed by atoms with Gasteiger partial charge in [-0.2, -0.15) is 0 Å². The molecule has 0 N–H and O–H groups in total. The van der Waals surface area contributed by atoms with Crippen molar-refractivity contribution in [1.29, 1.82) is 0 Å². The lowest BCUT2D eigenvalue weighted by Gasteiger charge is -2.19. The summed E-state index contributed by atoms with van der Waals surface area (Å²) in [6.45, 7) is 0. The molecule has 0 atom stereocenters. The Morgan fingerprint density at radius 1 is 0.519 bits per heavy atom. The molecular formula is C49H33FN2. The average molecular weight is 669 g/mol. The molecule has 0 bridgehead atoms. The van der Waals surface area contributed by atoms with Crippen molar-refractivity contribution in [2.24, 2.45) is 0 Å². The van der Waals surface area contributed by atoms with Crippen LogP contribution in [0.15, 0.2) is 176 Å². The molecule has 0 amide bonds. The summed E-state index contributed by atoms with van der Waals surface area (Å²) in [6.07, 6.45) is 6.39. The second-order valence-corrected chi connectivity index (χ2v) is 13.6. The lowest BCUT2D eigenvalue weighted by molar-refractivity contribution is 0.629. The van der Waals surface area contributed by atoms with Crippen LogP contribution >= 0.6 is 0 Å². The van der Waals surface area contributed by atoms with Crippen molar-refractivity contribution >= 4 is 54.5 Å². The SMILES string of the molecule is Fc1ccc2c(c1)nc(C1=CCCC(c3ccccc3)=C1)n2-c1ccc(-c2c3ccccc3c(-c3ccc4ccccc4c3)c3ccccc23)cc1. The first-order chi connectivity index (χ1) is 25.7. The first kappa shape index (κ1) is 30.3. The molecule has 0 aliphatic heterocycles. The number of aromatic nitrogens is 2. The van der Waals surface area contributed by atoms with E-state index in [0.29, 0.717) is 5.52 Å². The Morgan fingerprint density at radius 2 is 1.13 bits per heavy atom. The van der Waals surface area contributed by atoms with Crippen LogP contribution in [0.2, 0.25) is 0 Å². The minimum absolute atomic E-state index is 0.289. The third kappa shape index (κ3) is 5.05. The van der Waals surface area contributed by atoms with E-state index in [9.17, 15) is 4.39 Å². The molecule has 1 aromatic heterocycles. The first-order valence-electron chi connectivity index (χ1n) is 17.9. The zero-order valence-electron chi connectivity index (χ0n) is 28.4. The molecule has 0 spiro atoms. The van der Waals surface area contributed by atoms with Crippen molar-refractivity contribution in [2.75, 3.05) is 0 Å². The summed E-state index contributed by atoms with van der Waals surface area (Å²) in [5, 5.41) is 7.36. The van der Waals surface area contributed by atoms with Crippen molar-refractivity contribution in [1.82, 2.24) is 9.55 Å². The third-order valence-electron chi connectivity index (χ3n) is 10.5. The van der Waals surface area contributed by atoms with Crippen molar-refractivity contribution in [3.63, 3.8) is 0 Å². The summed E-state index contributed by atoms with van der Waals surface area (Å²) >= 11 is 0. The summed E-state index contributed by atoms with van der Waals surface area (Å²) in [5.41, 5.74) is 10.9. The van der Waals surface area contributed by atoms with Crippen LogP contribution in [-0.4, -0.2) is 9.55 Å². The van der Waals surface area contributed by atoms with E-state index >= 15 is 0 Å². The topological polar surface area (TPSA) is 17.8 Å². The summed E-state index contributed by atoms with van der Waals surface area (Å²) < 4.78 is 16.7. The number of hydrogen-bond acceptors (Lipinski definition) is 1. The summed E-state index contributed by atoms with van der Waals surface area (Å²) in [5.74, 6) is 0.528. The maximum atomic E-state index is 14.5. The van der Waals surface area contributed by atoms with E-state index in [0.717, 1.165) is 41.0 Å². The van der Waals surface area contributed by atoms with Gasteiger partial charge in [0.05, 0.1) is 11.0 Å². The van der Waals surface area contributed by atoms with Gasteiger partial charge in [-0.25, -0.2) is 9.37 Å². The Hall–Kier alpha value is -6.58. The average Bonchev–Trinajstić information content (AvgIpc) is 3.59. The lowest BCUT2D eigenvalue weighted by atomic mass is 9.85. The lowest BCUT2D eigenvalue weighted by Crippen LogP contribution is -2.02. The van der Waals surface area contributed by atoms with Gasteiger partial charge in [0.2, 0.25) is 0 Å². The van der Waals surface area contributed by atoms with Crippen molar-refractivity contribution < 1.29 is 4.39 Å². The predicted octanol–water partition coefficient (Wildman–Crippen LogP) is 13.2. The molecular weight excluding hydrogens is 636 g/mol. The van der Waals surface area contributed by atoms with Crippen LogP contribution in [0.4, 0.5) is 4.39 Å². The Labute approximate surface area is 301 Å². The first-order valence-corrected chi connectivity index (χ1v) is 17.9. The van der Waals surface area contributed by atoms with E-state index in [1.807, 2.05) is 12.1 Å².